The molecule has 12 heavy (non-hydrogen) atoms. The van der Waals surface area contributed by atoms with Crippen molar-refractivity contribution in [2.75, 3.05) is 7.05 Å². The van der Waals surface area contributed by atoms with E-state index in [1.165, 1.54) is 25.8 Å². The van der Waals surface area contributed by atoms with Crippen LogP contribution in [0, 0.1) is 0 Å². The lowest BCUT2D eigenvalue weighted by Crippen LogP contribution is -2.51. The molecule has 0 saturated heterocycles. The largest absolute Gasteiger partial charge is 0.480 e. The highest BCUT2D eigenvalue weighted by Crippen LogP contribution is 2.17. The normalized spacial score (nSPS) is 15.0. The first kappa shape index (κ1) is 10.9. The van der Waals surface area contributed by atoms with Crippen molar-refractivity contribution >= 4 is 11.9 Å². The van der Waals surface area contributed by atoms with Gasteiger partial charge in [0.05, 0.1) is 0 Å². The summed E-state index contributed by atoms with van der Waals surface area (Å²) in [5.41, 5.74) is -1.08. The second-order valence-electron chi connectivity index (χ2n) is 3.01. The maximum absolute atomic E-state index is 10.9. The van der Waals surface area contributed by atoms with Crippen LogP contribution in [0.3, 0.4) is 0 Å². The maximum atomic E-state index is 10.9. The van der Waals surface area contributed by atoms with Gasteiger partial charge in [0.2, 0.25) is 5.91 Å². The smallest absolute Gasteiger partial charge is 0.329 e. The molecule has 1 unspecified atom stereocenters. The van der Waals surface area contributed by atoms with Crippen LogP contribution in [0.15, 0.2) is 0 Å². The number of carboxylic acid groups (broad SMARTS) is 1. The molecule has 1 amide bonds. The van der Waals surface area contributed by atoms with E-state index in [1.54, 1.807) is 6.92 Å². The Morgan fingerprint density at radius 3 is 2.00 bits per heavy atom. The van der Waals surface area contributed by atoms with E-state index in [0.717, 1.165) is 0 Å². The van der Waals surface area contributed by atoms with Gasteiger partial charge in [0, 0.05) is 14.0 Å². The maximum Gasteiger partial charge on any atom is 0.329 e. The first-order valence-electron chi connectivity index (χ1n) is 3.84. The molecular formula is C8H15NO3. The van der Waals surface area contributed by atoms with Gasteiger partial charge in [0.25, 0.3) is 0 Å². The molecule has 0 aromatic rings. The predicted molar refractivity (Wildman–Crippen MR) is 44.8 cm³/mol. The van der Waals surface area contributed by atoms with E-state index in [4.69, 9.17) is 5.11 Å². The molecule has 0 aromatic heterocycles. The van der Waals surface area contributed by atoms with Gasteiger partial charge >= 0.3 is 5.97 Å². The lowest BCUT2D eigenvalue weighted by molar-refractivity contribution is -0.156. The van der Waals surface area contributed by atoms with Crippen LogP contribution in [-0.2, 0) is 9.59 Å². The lowest BCUT2D eigenvalue weighted by atomic mass is 9.97. The number of rotatable bonds is 3. The first-order chi connectivity index (χ1) is 5.36. The average Bonchev–Trinajstić information content (AvgIpc) is 2.01. The standard InChI is InChI=1S/C8H15NO3/c1-5-8(3,7(11)12)9(4)6(2)10/h5H2,1-4H3,(H,11,12). The van der Waals surface area contributed by atoms with Crippen molar-refractivity contribution < 1.29 is 14.7 Å². The Morgan fingerprint density at radius 2 is 1.92 bits per heavy atom. The van der Waals surface area contributed by atoms with Crippen molar-refractivity contribution in [3.05, 3.63) is 0 Å². The minimum atomic E-state index is -1.08. The first-order valence-corrected chi connectivity index (χ1v) is 3.84. The summed E-state index contributed by atoms with van der Waals surface area (Å²) >= 11 is 0. The zero-order chi connectivity index (χ0) is 9.94. The van der Waals surface area contributed by atoms with Crippen molar-refractivity contribution in [2.45, 2.75) is 32.7 Å². The third-order valence-electron chi connectivity index (χ3n) is 2.36. The summed E-state index contributed by atoms with van der Waals surface area (Å²) in [6.45, 7) is 4.64. The molecule has 1 atom stereocenters. The molecule has 0 aromatic carbocycles. The van der Waals surface area contributed by atoms with Crippen LogP contribution in [0.1, 0.15) is 27.2 Å². The average molecular weight is 173 g/mol. The highest BCUT2D eigenvalue weighted by molar-refractivity contribution is 5.85. The molecule has 0 heterocycles. The van der Waals surface area contributed by atoms with E-state index in [2.05, 4.69) is 0 Å². The lowest BCUT2D eigenvalue weighted by Gasteiger charge is -2.33. The fraction of sp³-hybridized carbons (Fsp3) is 0.750. The van der Waals surface area contributed by atoms with Crippen molar-refractivity contribution in [2.24, 2.45) is 0 Å². The van der Waals surface area contributed by atoms with Crippen molar-refractivity contribution in [1.29, 1.82) is 0 Å². The van der Waals surface area contributed by atoms with E-state index < -0.39 is 11.5 Å². The highest BCUT2D eigenvalue weighted by Gasteiger charge is 2.36. The minimum absolute atomic E-state index is 0.234. The molecule has 0 saturated carbocycles. The fourth-order valence-electron chi connectivity index (χ4n) is 0.879. The van der Waals surface area contributed by atoms with E-state index in [9.17, 15) is 9.59 Å². The van der Waals surface area contributed by atoms with Crippen molar-refractivity contribution in [3.8, 4) is 0 Å². The number of amides is 1. The summed E-state index contributed by atoms with van der Waals surface area (Å²) in [4.78, 5) is 23.0. The van der Waals surface area contributed by atoms with Crippen LogP contribution >= 0.6 is 0 Å². The Labute approximate surface area is 72.2 Å². The van der Waals surface area contributed by atoms with Gasteiger partial charge in [-0.25, -0.2) is 4.79 Å². The molecule has 0 radical (unpaired) electrons. The third kappa shape index (κ3) is 1.75. The molecule has 0 aliphatic heterocycles. The zero-order valence-corrected chi connectivity index (χ0v) is 7.92. The van der Waals surface area contributed by atoms with E-state index in [-0.39, 0.29) is 5.91 Å². The van der Waals surface area contributed by atoms with Gasteiger partial charge in [-0.2, -0.15) is 0 Å². The summed E-state index contributed by atoms with van der Waals surface area (Å²) in [7, 11) is 1.50. The number of likely N-dealkylation sites (N-methyl/N-ethyl adjacent to an activating group) is 1. The molecule has 4 heteroatoms. The molecule has 0 rings (SSSR count). The van der Waals surface area contributed by atoms with Crippen LogP contribution in [0.2, 0.25) is 0 Å². The molecule has 4 nitrogen and oxygen atoms in total. The number of nitrogens with zero attached hydrogens (tertiary/aromatic N) is 1. The molecule has 1 N–H and O–H groups in total. The molecule has 70 valence electrons. The Hall–Kier alpha value is -1.06. The molecular weight excluding hydrogens is 158 g/mol. The van der Waals surface area contributed by atoms with Crippen LogP contribution in [0.5, 0.6) is 0 Å². The van der Waals surface area contributed by atoms with Gasteiger partial charge < -0.3 is 10.0 Å². The number of carbonyl (C=O) groups is 2. The quantitative estimate of drug-likeness (QED) is 0.684. The van der Waals surface area contributed by atoms with Gasteiger partial charge in [-0.1, -0.05) is 6.92 Å². The SMILES string of the molecule is CCC(C)(C(=O)O)N(C)C(C)=O. The highest BCUT2D eigenvalue weighted by atomic mass is 16.4. The summed E-state index contributed by atoms with van der Waals surface area (Å²) in [5.74, 6) is -1.20. The van der Waals surface area contributed by atoms with Crippen LogP contribution in [0.25, 0.3) is 0 Å². The van der Waals surface area contributed by atoms with E-state index in [1.807, 2.05) is 0 Å². The molecule has 0 aliphatic rings. The van der Waals surface area contributed by atoms with Crippen LogP contribution in [0.4, 0.5) is 0 Å². The van der Waals surface area contributed by atoms with Gasteiger partial charge in [0.15, 0.2) is 0 Å². The molecule has 0 bridgehead atoms. The molecule has 0 spiro atoms. The minimum Gasteiger partial charge on any atom is -0.480 e. The Morgan fingerprint density at radius 1 is 1.50 bits per heavy atom. The number of aliphatic carboxylic acids is 1. The number of hydrogen-bond acceptors (Lipinski definition) is 2. The third-order valence-corrected chi connectivity index (χ3v) is 2.36. The van der Waals surface area contributed by atoms with Gasteiger partial charge in [-0.05, 0) is 13.3 Å². The van der Waals surface area contributed by atoms with Gasteiger partial charge in [-0.15, -0.1) is 0 Å². The number of carbonyl (C=O) groups excluding carboxylic acids is 1. The number of hydrogen-bond donors (Lipinski definition) is 1. The topological polar surface area (TPSA) is 57.6 Å². The zero-order valence-electron chi connectivity index (χ0n) is 7.92. The molecule has 0 aliphatic carbocycles. The Balaban J connectivity index is 4.75. The second kappa shape index (κ2) is 3.56. The van der Waals surface area contributed by atoms with Gasteiger partial charge in [0.1, 0.15) is 5.54 Å². The summed E-state index contributed by atoms with van der Waals surface area (Å²) in [5, 5.41) is 8.86. The molecule has 0 fully saturated rings. The monoisotopic (exact) mass is 173 g/mol. The summed E-state index contributed by atoms with van der Waals surface area (Å²) in [6.07, 6.45) is 0.401. The van der Waals surface area contributed by atoms with E-state index >= 15 is 0 Å². The van der Waals surface area contributed by atoms with E-state index in [0.29, 0.717) is 6.42 Å². The fourth-order valence-corrected chi connectivity index (χ4v) is 0.879. The van der Waals surface area contributed by atoms with Gasteiger partial charge in [-0.3, -0.25) is 4.79 Å². The predicted octanol–water partition coefficient (Wildman–Crippen LogP) is 0.718. The Kier molecular flexibility index (Phi) is 3.24. The van der Waals surface area contributed by atoms with Crippen molar-refractivity contribution in [3.63, 3.8) is 0 Å². The summed E-state index contributed by atoms with van der Waals surface area (Å²) in [6, 6.07) is 0. The Bertz CT molecular complexity index is 202. The van der Waals surface area contributed by atoms with Crippen molar-refractivity contribution in [1.82, 2.24) is 4.90 Å². The number of carboxylic acids is 1. The van der Waals surface area contributed by atoms with Crippen LogP contribution < -0.4 is 0 Å². The second-order valence-corrected chi connectivity index (χ2v) is 3.01. The summed E-state index contributed by atoms with van der Waals surface area (Å²) < 4.78 is 0. The van der Waals surface area contributed by atoms with Crippen LogP contribution in [-0.4, -0.2) is 34.5 Å².